The SMILES string of the molecule is O=C(NC1CCCCCC1)c1ccnc(Nc2ccc(N3CCCCC3)cc2)n1. The Bertz CT molecular complexity index is 793. The largest absolute Gasteiger partial charge is 0.372 e. The van der Waals surface area contributed by atoms with Crippen LogP contribution < -0.4 is 15.5 Å². The summed E-state index contributed by atoms with van der Waals surface area (Å²) >= 11 is 0. The fourth-order valence-electron chi connectivity index (χ4n) is 4.27. The number of aromatic nitrogens is 2. The Morgan fingerprint density at radius 2 is 1.59 bits per heavy atom. The topological polar surface area (TPSA) is 70.2 Å². The normalized spacial score (nSPS) is 18.1. The highest BCUT2D eigenvalue weighted by atomic mass is 16.1. The van der Waals surface area contributed by atoms with Crippen LogP contribution in [0.2, 0.25) is 0 Å². The first-order valence-electron chi connectivity index (χ1n) is 11.0. The Hall–Kier alpha value is -2.63. The summed E-state index contributed by atoms with van der Waals surface area (Å²) in [6, 6.07) is 10.3. The molecule has 1 saturated heterocycles. The summed E-state index contributed by atoms with van der Waals surface area (Å²) in [7, 11) is 0. The van der Waals surface area contributed by atoms with Gasteiger partial charge in [0, 0.05) is 36.7 Å². The molecule has 0 radical (unpaired) electrons. The molecule has 6 nitrogen and oxygen atoms in total. The van der Waals surface area contributed by atoms with E-state index >= 15 is 0 Å². The van der Waals surface area contributed by atoms with E-state index in [2.05, 4.69) is 37.6 Å². The summed E-state index contributed by atoms with van der Waals surface area (Å²) < 4.78 is 0. The van der Waals surface area contributed by atoms with Crippen LogP contribution in [-0.4, -0.2) is 35.0 Å². The van der Waals surface area contributed by atoms with Gasteiger partial charge in [0.2, 0.25) is 5.95 Å². The second-order valence-electron chi connectivity index (χ2n) is 8.15. The average molecular weight is 394 g/mol. The molecular weight excluding hydrogens is 362 g/mol. The lowest BCUT2D eigenvalue weighted by atomic mass is 10.1. The highest BCUT2D eigenvalue weighted by Gasteiger charge is 2.17. The van der Waals surface area contributed by atoms with Crippen LogP contribution in [0.5, 0.6) is 0 Å². The Labute approximate surface area is 173 Å². The summed E-state index contributed by atoms with van der Waals surface area (Å²) in [6.45, 7) is 2.27. The number of carbonyl (C=O) groups is 1. The second kappa shape index (κ2) is 9.72. The molecule has 1 aliphatic carbocycles. The van der Waals surface area contributed by atoms with Gasteiger partial charge in [-0.05, 0) is 62.4 Å². The van der Waals surface area contributed by atoms with Crippen molar-refractivity contribution in [1.29, 1.82) is 0 Å². The second-order valence-corrected chi connectivity index (χ2v) is 8.15. The van der Waals surface area contributed by atoms with E-state index in [0.29, 0.717) is 11.6 Å². The van der Waals surface area contributed by atoms with Crippen molar-refractivity contribution in [2.45, 2.75) is 63.8 Å². The first kappa shape index (κ1) is 19.7. The maximum absolute atomic E-state index is 12.6. The predicted molar refractivity (Wildman–Crippen MR) is 117 cm³/mol. The molecule has 1 aromatic carbocycles. The third-order valence-corrected chi connectivity index (χ3v) is 5.92. The minimum absolute atomic E-state index is 0.109. The molecule has 29 heavy (non-hydrogen) atoms. The van der Waals surface area contributed by atoms with Gasteiger partial charge in [0.1, 0.15) is 5.69 Å². The number of hydrogen-bond donors (Lipinski definition) is 2. The molecule has 2 aromatic rings. The Morgan fingerprint density at radius 3 is 2.31 bits per heavy atom. The van der Waals surface area contributed by atoms with Crippen molar-refractivity contribution in [3.8, 4) is 0 Å². The number of anilines is 3. The van der Waals surface area contributed by atoms with Gasteiger partial charge in [-0.2, -0.15) is 0 Å². The number of rotatable bonds is 5. The highest BCUT2D eigenvalue weighted by molar-refractivity contribution is 5.92. The Kier molecular flexibility index (Phi) is 6.60. The third kappa shape index (κ3) is 5.46. The number of piperidine rings is 1. The number of nitrogens with zero attached hydrogens (tertiary/aromatic N) is 3. The van der Waals surface area contributed by atoms with Gasteiger partial charge in [-0.25, -0.2) is 9.97 Å². The van der Waals surface area contributed by atoms with Gasteiger partial charge in [0.25, 0.3) is 5.91 Å². The number of amides is 1. The van der Waals surface area contributed by atoms with E-state index in [0.717, 1.165) is 31.6 Å². The molecule has 2 heterocycles. The lowest BCUT2D eigenvalue weighted by Crippen LogP contribution is -2.35. The standard InChI is InChI=1S/C23H31N5O/c29-22(25-18-8-4-1-2-5-9-18)21-14-15-24-23(27-21)26-19-10-12-20(13-11-19)28-16-6-3-7-17-28/h10-15,18H,1-9,16-17H2,(H,25,29)(H,24,26,27). The zero-order valence-electron chi connectivity index (χ0n) is 17.1. The summed E-state index contributed by atoms with van der Waals surface area (Å²) in [5.74, 6) is 0.340. The quantitative estimate of drug-likeness (QED) is 0.723. The van der Waals surface area contributed by atoms with Crippen LogP contribution in [0.4, 0.5) is 17.3 Å². The molecule has 0 unspecified atom stereocenters. The fraction of sp³-hybridized carbons (Fsp3) is 0.522. The lowest BCUT2D eigenvalue weighted by molar-refractivity contribution is 0.0928. The molecule has 0 atom stereocenters. The first-order valence-corrected chi connectivity index (χ1v) is 11.0. The maximum Gasteiger partial charge on any atom is 0.270 e. The van der Waals surface area contributed by atoms with E-state index < -0.39 is 0 Å². The molecule has 2 fully saturated rings. The fourth-order valence-corrected chi connectivity index (χ4v) is 4.27. The molecule has 2 N–H and O–H groups in total. The predicted octanol–water partition coefficient (Wildman–Crippen LogP) is 4.66. The van der Waals surface area contributed by atoms with Crippen LogP contribution in [0.25, 0.3) is 0 Å². The van der Waals surface area contributed by atoms with E-state index in [1.807, 2.05) is 12.1 Å². The number of nitrogens with one attached hydrogen (secondary N) is 2. The van der Waals surface area contributed by atoms with Gasteiger partial charge in [0.05, 0.1) is 0 Å². The van der Waals surface area contributed by atoms with E-state index in [1.165, 1.54) is 50.6 Å². The average Bonchev–Trinajstić information content (AvgIpc) is 3.04. The van der Waals surface area contributed by atoms with Crippen LogP contribution in [0.1, 0.15) is 68.3 Å². The Morgan fingerprint density at radius 1 is 0.897 bits per heavy atom. The van der Waals surface area contributed by atoms with Crippen molar-refractivity contribution in [2.24, 2.45) is 0 Å². The van der Waals surface area contributed by atoms with Gasteiger partial charge >= 0.3 is 0 Å². The van der Waals surface area contributed by atoms with E-state index in [4.69, 9.17) is 0 Å². The van der Waals surface area contributed by atoms with Crippen LogP contribution >= 0.6 is 0 Å². The smallest absolute Gasteiger partial charge is 0.270 e. The van der Waals surface area contributed by atoms with Gasteiger partial charge in [-0.15, -0.1) is 0 Å². The molecule has 6 heteroatoms. The van der Waals surface area contributed by atoms with E-state index in [-0.39, 0.29) is 11.9 Å². The van der Waals surface area contributed by atoms with Crippen LogP contribution in [-0.2, 0) is 0 Å². The monoisotopic (exact) mass is 393 g/mol. The number of hydrogen-bond acceptors (Lipinski definition) is 5. The van der Waals surface area contributed by atoms with Crippen LogP contribution in [0.3, 0.4) is 0 Å². The summed E-state index contributed by atoms with van der Waals surface area (Å²) in [5, 5.41) is 6.37. The molecule has 1 saturated carbocycles. The lowest BCUT2D eigenvalue weighted by Gasteiger charge is -2.28. The van der Waals surface area contributed by atoms with Crippen molar-refractivity contribution >= 4 is 23.2 Å². The van der Waals surface area contributed by atoms with Crippen molar-refractivity contribution in [3.05, 3.63) is 42.2 Å². The molecule has 1 amide bonds. The third-order valence-electron chi connectivity index (χ3n) is 5.92. The zero-order valence-corrected chi connectivity index (χ0v) is 17.1. The molecule has 154 valence electrons. The maximum atomic E-state index is 12.6. The minimum Gasteiger partial charge on any atom is -0.372 e. The highest BCUT2D eigenvalue weighted by Crippen LogP contribution is 2.23. The Balaban J connectivity index is 1.37. The van der Waals surface area contributed by atoms with E-state index in [1.54, 1.807) is 12.3 Å². The number of benzene rings is 1. The number of carbonyl (C=O) groups excluding carboxylic acids is 1. The van der Waals surface area contributed by atoms with E-state index in [9.17, 15) is 4.79 Å². The van der Waals surface area contributed by atoms with Crippen molar-refractivity contribution in [3.63, 3.8) is 0 Å². The minimum atomic E-state index is -0.109. The molecule has 4 rings (SSSR count). The summed E-state index contributed by atoms with van der Waals surface area (Å²) in [5.41, 5.74) is 2.59. The van der Waals surface area contributed by atoms with Crippen molar-refractivity contribution < 1.29 is 4.79 Å². The summed E-state index contributed by atoms with van der Waals surface area (Å²) in [4.78, 5) is 23.8. The van der Waals surface area contributed by atoms with Crippen LogP contribution in [0, 0.1) is 0 Å². The van der Waals surface area contributed by atoms with Gasteiger partial charge in [0.15, 0.2) is 0 Å². The molecule has 0 bridgehead atoms. The van der Waals surface area contributed by atoms with Crippen molar-refractivity contribution in [1.82, 2.24) is 15.3 Å². The zero-order chi connectivity index (χ0) is 19.9. The molecule has 0 spiro atoms. The molecule has 1 aliphatic heterocycles. The molecule has 1 aromatic heterocycles. The van der Waals surface area contributed by atoms with Gasteiger partial charge in [-0.3, -0.25) is 4.79 Å². The molecular formula is C23H31N5O. The summed E-state index contributed by atoms with van der Waals surface area (Å²) in [6.07, 6.45) is 12.5. The first-order chi connectivity index (χ1) is 14.3. The van der Waals surface area contributed by atoms with Crippen LogP contribution in [0.15, 0.2) is 36.5 Å². The molecule has 2 aliphatic rings. The van der Waals surface area contributed by atoms with Gasteiger partial charge in [-0.1, -0.05) is 25.7 Å². The van der Waals surface area contributed by atoms with Crippen molar-refractivity contribution in [2.75, 3.05) is 23.3 Å². The van der Waals surface area contributed by atoms with Gasteiger partial charge < -0.3 is 15.5 Å².